The molecule has 0 aromatic heterocycles. The molecule has 1 heterocycles. The van der Waals surface area contributed by atoms with E-state index in [9.17, 15) is 4.79 Å². The zero-order chi connectivity index (χ0) is 19.6. The van der Waals surface area contributed by atoms with E-state index in [1.165, 1.54) is 0 Å². The molecule has 1 aliphatic heterocycles. The van der Waals surface area contributed by atoms with Gasteiger partial charge < -0.3 is 14.4 Å². The second kappa shape index (κ2) is 11.2. The Morgan fingerprint density at radius 1 is 1.33 bits per heavy atom. The lowest BCUT2D eigenvalue weighted by atomic mass is 10.2. The first-order valence-corrected chi connectivity index (χ1v) is 9.86. The minimum absolute atomic E-state index is 0.305. The molecule has 0 aliphatic carbocycles. The summed E-state index contributed by atoms with van der Waals surface area (Å²) in [7, 11) is 1.59. The van der Waals surface area contributed by atoms with E-state index in [0.29, 0.717) is 36.1 Å². The van der Waals surface area contributed by atoms with Crippen LogP contribution in [0.3, 0.4) is 0 Å². The van der Waals surface area contributed by atoms with E-state index in [4.69, 9.17) is 27.0 Å². The Labute approximate surface area is 173 Å². The van der Waals surface area contributed by atoms with E-state index in [-0.39, 0.29) is 5.91 Å². The van der Waals surface area contributed by atoms with Crippen LogP contribution >= 0.6 is 28.1 Å². The molecule has 0 spiro atoms. The van der Waals surface area contributed by atoms with Gasteiger partial charge in [0.05, 0.1) is 18.2 Å². The van der Waals surface area contributed by atoms with Crippen molar-refractivity contribution in [3.8, 4) is 11.8 Å². The molecule has 0 saturated carbocycles. The van der Waals surface area contributed by atoms with Crippen molar-refractivity contribution in [2.24, 2.45) is 0 Å². The van der Waals surface area contributed by atoms with Gasteiger partial charge in [0, 0.05) is 50.7 Å². The number of nitrogens with one attached hydrogen (secondary N) is 1. The van der Waals surface area contributed by atoms with Gasteiger partial charge in [-0.25, -0.2) is 0 Å². The first kappa shape index (κ1) is 21.6. The van der Waals surface area contributed by atoms with Gasteiger partial charge in [0.2, 0.25) is 0 Å². The fourth-order valence-electron chi connectivity index (χ4n) is 2.67. The normalized spacial score (nSPS) is 14.5. The molecule has 1 N–H and O–H groups in total. The highest BCUT2D eigenvalue weighted by Crippen LogP contribution is 2.23. The summed E-state index contributed by atoms with van der Waals surface area (Å²) < 4.78 is 11.4. The molecule has 9 heteroatoms. The maximum absolute atomic E-state index is 12.7. The first-order chi connectivity index (χ1) is 13.0. The lowest BCUT2D eigenvalue weighted by Crippen LogP contribution is -2.52. The summed E-state index contributed by atoms with van der Waals surface area (Å²) in [6.07, 6.45) is 0.524. The third kappa shape index (κ3) is 6.74. The van der Waals surface area contributed by atoms with Crippen LogP contribution in [0.25, 0.3) is 0 Å². The number of benzene rings is 1. The summed E-state index contributed by atoms with van der Waals surface area (Å²) in [5, 5.41) is 11.9. The van der Waals surface area contributed by atoms with Gasteiger partial charge in [0.25, 0.3) is 5.91 Å². The smallest absolute Gasteiger partial charge is 0.261 e. The number of hydrogen-bond donors (Lipinski definition) is 1. The number of amides is 1. The molecular formula is C18H23BrN4O3S. The number of nitrogens with zero attached hydrogens (tertiary/aromatic N) is 3. The van der Waals surface area contributed by atoms with Crippen molar-refractivity contribution in [3.05, 3.63) is 28.2 Å². The second-order valence-electron chi connectivity index (χ2n) is 5.98. The molecule has 0 atom stereocenters. The van der Waals surface area contributed by atoms with Crippen molar-refractivity contribution in [3.63, 3.8) is 0 Å². The number of carbonyl (C=O) groups is 1. The SMILES string of the molecule is COCCOc1ccc(Br)cc1C(=O)NC(=S)N1CCN(CCC#N)CC1. The maximum Gasteiger partial charge on any atom is 0.261 e. The van der Waals surface area contributed by atoms with Crippen molar-refractivity contribution in [1.29, 1.82) is 5.26 Å². The number of nitriles is 1. The van der Waals surface area contributed by atoms with Gasteiger partial charge in [-0.05, 0) is 30.4 Å². The average Bonchev–Trinajstić information content (AvgIpc) is 2.67. The quantitative estimate of drug-likeness (QED) is 0.498. The number of halogens is 1. The number of rotatable bonds is 7. The largest absolute Gasteiger partial charge is 0.490 e. The molecule has 0 unspecified atom stereocenters. The molecule has 1 aromatic carbocycles. The zero-order valence-corrected chi connectivity index (χ0v) is 17.6. The summed E-state index contributed by atoms with van der Waals surface area (Å²) in [6, 6.07) is 7.43. The lowest BCUT2D eigenvalue weighted by molar-refractivity contribution is 0.0961. The number of thiocarbonyl (C=S) groups is 1. The monoisotopic (exact) mass is 454 g/mol. The van der Waals surface area contributed by atoms with Crippen LogP contribution in [0.15, 0.2) is 22.7 Å². The molecule has 0 radical (unpaired) electrons. The predicted molar refractivity (Wildman–Crippen MR) is 110 cm³/mol. The molecule has 7 nitrogen and oxygen atoms in total. The Bertz CT molecular complexity index is 702. The molecule has 1 saturated heterocycles. The van der Waals surface area contributed by atoms with Gasteiger partial charge in [-0.1, -0.05) is 15.9 Å². The van der Waals surface area contributed by atoms with Crippen LogP contribution in [0.5, 0.6) is 5.75 Å². The Hall–Kier alpha value is -1.73. The number of methoxy groups -OCH3 is 1. The fourth-order valence-corrected chi connectivity index (χ4v) is 3.30. The van der Waals surface area contributed by atoms with Gasteiger partial charge in [-0.3, -0.25) is 15.0 Å². The third-order valence-electron chi connectivity index (χ3n) is 4.15. The molecule has 1 fully saturated rings. The molecule has 0 bridgehead atoms. The van der Waals surface area contributed by atoms with Crippen molar-refractivity contribution in [1.82, 2.24) is 15.1 Å². The lowest BCUT2D eigenvalue weighted by Gasteiger charge is -2.35. The van der Waals surface area contributed by atoms with Crippen LogP contribution in [0.4, 0.5) is 0 Å². The van der Waals surface area contributed by atoms with Crippen LogP contribution in [0.1, 0.15) is 16.8 Å². The van der Waals surface area contributed by atoms with Crippen LogP contribution in [-0.2, 0) is 4.74 Å². The minimum Gasteiger partial charge on any atom is -0.490 e. The van der Waals surface area contributed by atoms with Crippen LogP contribution < -0.4 is 10.1 Å². The van der Waals surface area contributed by atoms with Gasteiger partial charge in [0.15, 0.2) is 5.11 Å². The topological polar surface area (TPSA) is 77.8 Å². The molecule has 1 aliphatic rings. The highest BCUT2D eigenvalue weighted by molar-refractivity contribution is 9.10. The Kier molecular flexibility index (Phi) is 8.94. The highest BCUT2D eigenvalue weighted by atomic mass is 79.9. The summed E-state index contributed by atoms with van der Waals surface area (Å²) in [5.74, 6) is 0.178. The van der Waals surface area contributed by atoms with Crippen molar-refractivity contribution >= 4 is 39.2 Å². The summed E-state index contributed by atoms with van der Waals surface area (Å²) in [6.45, 7) is 4.64. The number of carbonyl (C=O) groups excluding carboxylic acids is 1. The molecular weight excluding hydrogens is 432 g/mol. The Morgan fingerprint density at radius 3 is 2.74 bits per heavy atom. The summed E-state index contributed by atoms with van der Waals surface area (Å²) >= 11 is 8.79. The van der Waals surface area contributed by atoms with E-state index in [2.05, 4.69) is 32.2 Å². The summed E-state index contributed by atoms with van der Waals surface area (Å²) in [5.41, 5.74) is 0.412. The fraction of sp³-hybridized carbons (Fsp3) is 0.500. The Morgan fingerprint density at radius 2 is 2.07 bits per heavy atom. The minimum atomic E-state index is -0.305. The molecule has 27 heavy (non-hydrogen) atoms. The van der Waals surface area contributed by atoms with E-state index in [1.54, 1.807) is 19.2 Å². The van der Waals surface area contributed by atoms with Gasteiger partial charge >= 0.3 is 0 Å². The molecule has 1 aromatic rings. The first-order valence-electron chi connectivity index (χ1n) is 8.66. The van der Waals surface area contributed by atoms with Crippen molar-refractivity contribution in [2.45, 2.75) is 6.42 Å². The van der Waals surface area contributed by atoms with Crippen LogP contribution in [0, 0.1) is 11.3 Å². The molecule has 146 valence electrons. The molecule has 1 amide bonds. The van der Waals surface area contributed by atoms with Crippen LogP contribution in [-0.4, -0.2) is 73.9 Å². The average molecular weight is 455 g/mol. The number of hydrogen-bond acceptors (Lipinski definition) is 6. The van der Waals surface area contributed by atoms with E-state index in [1.807, 2.05) is 11.0 Å². The highest BCUT2D eigenvalue weighted by Gasteiger charge is 2.21. The van der Waals surface area contributed by atoms with E-state index >= 15 is 0 Å². The van der Waals surface area contributed by atoms with Gasteiger partial charge in [-0.15, -0.1) is 0 Å². The van der Waals surface area contributed by atoms with Gasteiger partial charge in [0.1, 0.15) is 12.4 Å². The molecule has 2 rings (SSSR count). The van der Waals surface area contributed by atoms with Gasteiger partial charge in [-0.2, -0.15) is 5.26 Å². The van der Waals surface area contributed by atoms with E-state index in [0.717, 1.165) is 37.2 Å². The van der Waals surface area contributed by atoms with Crippen molar-refractivity contribution in [2.75, 3.05) is 53.0 Å². The third-order valence-corrected chi connectivity index (χ3v) is 5.00. The van der Waals surface area contributed by atoms with E-state index < -0.39 is 0 Å². The number of ether oxygens (including phenoxy) is 2. The standard InChI is InChI=1S/C18H23BrN4O3S/c1-25-11-12-26-16-4-3-14(19)13-15(16)17(24)21-18(27)23-9-7-22(8-10-23)6-2-5-20/h3-4,13H,2,6-12H2,1H3,(H,21,24,27). The van der Waals surface area contributed by atoms with Crippen LogP contribution in [0.2, 0.25) is 0 Å². The second-order valence-corrected chi connectivity index (χ2v) is 7.28. The number of piperazine rings is 1. The predicted octanol–water partition coefficient (Wildman–Crippen LogP) is 2.02. The summed E-state index contributed by atoms with van der Waals surface area (Å²) in [4.78, 5) is 16.9. The van der Waals surface area contributed by atoms with Crippen molar-refractivity contribution < 1.29 is 14.3 Å². The maximum atomic E-state index is 12.7. The Balaban J connectivity index is 1.94. The zero-order valence-electron chi connectivity index (χ0n) is 15.2.